The molecule has 2 aromatic rings. The standard InChI is InChI=1S/C19H22N4O3/c1-22-9-11-23(12-10-22)19(26)17(14-5-3-2-4-6-14)21-18(25)15-7-8-16(24)20-13-15/h2-8,13,17H,9-12H2,1H3,(H,20,24)(H,21,25). The molecule has 26 heavy (non-hydrogen) atoms. The first-order valence-electron chi connectivity index (χ1n) is 8.56. The number of H-pyrrole nitrogens is 1. The van der Waals surface area contributed by atoms with Gasteiger partial charge >= 0.3 is 0 Å². The number of rotatable bonds is 4. The van der Waals surface area contributed by atoms with Gasteiger partial charge in [0.05, 0.1) is 5.56 Å². The number of benzene rings is 1. The fourth-order valence-corrected chi connectivity index (χ4v) is 2.91. The van der Waals surface area contributed by atoms with Crippen molar-refractivity contribution in [2.24, 2.45) is 0 Å². The zero-order chi connectivity index (χ0) is 18.5. The average molecular weight is 354 g/mol. The molecule has 136 valence electrons. The van der Waals surface area contributed by atoms with Crippen molar-refractivity contribution in [3.63, 3.8) is 0 Å². The highest BCUT2D eigenvalue weighted by atomic mass is 16.2. The Hall–Kier alpha value is -2.93. The van der Waals surface area contributed by atoms with Crippen LogP contribution in [0.3, 0.4) is 0 Å². The van der Waals surface area contributed by atoms with Crippen molar-refractivity contribution < 1.29 is 9.59 Å². The van der Waals surface area contributed by atoms with E-state index in [1.54, 1.807) is 4.90 Å². The van der Waals surface area contributed by atoms with Gasteiger partial charge in [-0.05, 0) is 18.7 Å². The van der Waals surface area contributed by atoms with Gasteiger partial charge in [0.1, 0.15) is 6.04 Å². The lowest BCUT2D eigenvalue weighted by Gasteiger charge is -2.34. The first-order chi connectivity index (χ1) is 12.5. The summed E-state index contributed by atoms with van der Waals surface area (Å²) >= 11 is 0. The van der Waals surface area contributed by atoms with Crippen LogP contribution in [0.4, 0.5) is 0 Å². The van der Waals surface area contributed by atoms with Gasteiger partial charge in [-0.3, -0.25) is 14.4 Å². The summed E-state index contributed by atoms with van der Waals surface area (Å²) in [5, 5.41) is 2.81. The second kappa shape index (κ2) is 7.97. The molecule has 1 aromatic carbocycles. The maximum atomic E-state index is 13.1. The van der Waals surface area contributed by atoms with Gasteiger partial charge in [-0.1, -0.05) is 30.3 Å². The van der Waals surface area contributed by atoms with Crippen LogP contribution in [0.2, 0.25) is 0 Å². The van der Waals surface area contributed by atoms with E-state index in [1.807, 2.05) is 37.4 Å². The van der Waals surface area contributed by atoms with Crippen LogP contribution in [0.1, 0.15) is 22.0 Å². The van der Waals surface area contributed by atoms with Gasteiger partial charge in [-0.2, -0.15) is 0 Å². The van der Waals surface area contributed by atoms with Crippen molar-refractivity contribution >= 4 is 11.8 Å². The average Bonchev–Trinajstić information content (AvgIpc) is 2.67. The minimum absolute atomic E-state index is 0.123. The van der Waals surface area contributed by atoms with Crippen LogP contribution in [-0.2, 0) is 4.79 Å². The van der Waals surface area contributed by atoms with Crippen molar-refractivity contribution in [1.82, 2.24) is 20.1 Å². The highest BCUT2D eigenvalue weighted by Crippen LogP contribution is 2.18. The molecule has 0 aliphatic carbocycles. The number of carbonyl (C=O) groups is 2. The zero-order valence-corrected chi connectivity index (χ0v) is 14.6. The van der Waals surface area contributed by atoms with Crippen LogP contribution in [0.25, 0.3) is 0 Å². The number of nitrogens with one attached hydrogen (secondary N) is 2. The molecular weight excluding hydrogens is 332 g/mol. The molecule has 0 bridgehead atoms. The van der Waals surface area contributed by atoms with E-state index in [9.17, 15) is 14.4 Å². The summed E-state index contributed by atoms with van der Waals surface area (Å²) in [4.78, 5) is 43.2. The van der Waals surface area contributed by atoms with Crippen molar-refractivity contribution in [3.8, 4) is 0 Å². The van der Waals surface area contributed by atoms with E-state index in [4.69, 9.17) is 0 Å². The SMILES string of the molecule is CN1CCN(C(=O)C(NC(=O)c2ccc(=O)[nH]c2)c2ccccc2)CC1. The van der Waals surface area contributed by atoms with E-state index in [2.05, 4.69) is 15.2 Å². The predicted molar refractivity (Wildman–Crippen MR) is 97.8 cm³/mol. The molecule has 1 aliphatic rings. The second-order valence-corrected chi connectivity index (χ2v) is 6.39. The lowest BCUT2D eigenvalue weighted by Crippen LogP contribution is -2.51. The molecule has 1 saturated heterocycles. The molecule has 7 nitrogen and oxygen atoms in total. The normalized spacial score (nSPS) is 16.1. The Labute approximate surface area is 151 Å². The number of aromatic nitrogens is 1. The summed E-state index contributed by atoms with van der Waals surface area (Å²) in [7, 11) is 2.02. The van der Waals surface area contributed by atoms with E-state index in [0.717, 1.165) is 18.7 Å². The quantitative estimate of drug-likeness (QED) is 0.843. The first kappa shape index (κ1) is 17.9. The molecule has 1 unspecified atom stereocenters. The summed E-state index contributed by atoms with van der Waals surface area (Å²) in [5.74, 6) is -0.528. The maximum absolute atomic E-state index is 13.1. The Balaban J connectivity index is 1.81. The maximum Gasteiger partial charge on any atom is 0.253 e. The van der Waals surface area contributed by atoms with Crippen molar-refractivity contribution in [2.75, 3.05) is 33.2 Å². The largest absolute Gasteiger partial charge is 0.338 e. The van der Waals surface area contributed by atoms with Gasteiger partial charge in [-0.15, -0.1) is 0 Å². The van der Waals surface area contributed by atoms with Crippen molar-refractivity contribution in [2.45, 2.75) is 6.04 Å². The summed E-state index contributed by atoms with van der Waals surface area (Å²) in [6.45, 7) is 2.88. The van der Waals surface area contributed by atoms with Gasteiger partial charge in [0, 0.05) is 38.4 Å². The van der Waals surface area contributed by atoms with Crippen LogP contribution >= 0.6 is 0 Å². The molecule has 0 spiro atoms. The number of hydrogen-bond acceptors (Lipinski definition) is 4. The molecule has 2 amide bonds. The number of piperazine rings is 1. The van der Waals surface area contributed by atoms with Gasteiger partial charge in [0.2, 0.25) is 11.5 Å². The topological polar surface area (TPSA) is 85.5 Å². The Morgan fingerprint density at radius 2 is 1.73 bits per heavy atom. The minimum atomic E-state index is -0.765. The van der Waals surface area contributed by atoms with E-state index in [1.165, 1.54) is 18.3 Å². The molecule has 1 fully saturated rings. The molecule has 1 aromatic heterocycles. The van der Waals surface area contributed by atoms with Gasteiger partial charge in [0.15, 0.2) is 0 Å². The fourth-order valence-electron chi connectivity index (χ4n) is 2.91. The number of carbonyl (C=O) groups excluding carboxylic acids is 2. The molecule has 0 saturated carbocycles. The van der Waals surface area contributed by atoms with E-state index < -0.39 is 11.9 Å². The number of nitrogens with zero attached hydrogens (tertiary/aromatic N) is 2. The smallest absolute Gasteiger partial charge is 0.253 e. The van der Waals surface area contributed by atoms with Crippen LogP contribution in [0.15, 0.2) is 53.5 Å². The Morgan fingerprint density at radius 1 is 1.04 bits per heavy atom. The number of aromatic amines is 1. The number of amides is 2. The Kier molecular flexibility index (Phi) is 5.48. The van der Waals surface area contributed by atoms with Crippen molar-refractivity contribution in [3.05, 3.63) is 70.1 Å². The molecule has 0 radical (unpaired) electrons. The van der Waals surface area contributed by atoms with Gasteiger partial charge in [0.25, 0.3) is 5.91 Å². The molecule has 2 N–H and O–H groups in total. The first-order valence-corrected chi connectivity index (χ1v) is 8.56. The third-order valence-corrected chi connectivity index (χ3v) is 4.52. The Morgan fingerprint density at radius 3 is 2.35 bits per heavy atom. The van der Waals surface area contributed by atoms with Crippen LogP contribution in [0.5, 0.6) is 0 Å². The highest BCUT2D eigenvalue weighted by molar-refractivity contribution is 5.97. The number of hydrogen-bond donors (Lipinski definition) is 2. The number of likely N-dealkylation sites (N-methyl/N-ethyl adjacent to an activating group) is 1. The molecule has 1 atom stereocenters. The summed E-state index contributed by atoms with van der Waals surface area (Å²) in [6.07, 6.45) is 1.35. The lowest BCUT2D eigenvalue weighted by molar-refractivity contribution is -0.135. The second-order valence-electron chi connectivity index (χ2n) is 6.39. The van der Waals surface area contributed by atoms with Crippen LogP contribution < -0.4 is 10.9 Å². The fraction of sp³-hybridized carbons (Fsp3) is 0.316. The van der Waals surface area contributed by atoms with Crippen molar-refractivity contribution in [1.29, 1.82) is 0 Å². The van der Waals surface area contributed by atoms with E-state index >= 15 is 0 Å². The lowest BCUT2D eigenvalue weighted by atomic mass is 10.0. The van der Waals surface area contributed by atoms with Crippen LogP contribution in [-0.4, -0.2) is 59.8 Å². The monoisotopic (exact) mass is 354 g/mol. The minimum Gasteiger partial charge on any atom is -0.338 e. The molecule has 2 heterocycles. The number of pyridine rings is 1. The summed E-state index contributed by atoms with van der Waals surface area (Å²) < 4.78 is 0. The summed E-state index contributed by atoms with van der Waals surface area (Å²) in [5.41, 5.74) is 0.751. The molecule has 1 aliphatic heterocycles. The van der Waals surface area contributed by atoms with Gasteiger partial charge in [-0.25, -0.2) is 0 Å². The van der Waals surface area contributed by atoms with E-state index in [0.29, 0.717) is 18.7 Å². The van der Waals surface area contributed by atoms with E-state index in [-0.39, 0.29) is 11.5 Å². The molecule has 3 rings (SSSR count). The molecule has 7 heteroatoms. The highest BCUT2D eigenvalue weighted by Gasteiger charge is 2.29. The third kappa shape index (κ3) is 4.18. The third-order valence-electron chi connectivity index (χ3n) is 4.52. The molecular formula is C19H22N4O3. The zero-order valence-electron chi connectivity index (χ0n) is 14.6. The van der Waals surface area contributed by atoms with Gasteiger partial charge < -0.3 is 20.1 Å². The summed E-state index contributed by atoms with van der Waals surface area (Å²) in [6, 6.07) is 11.2. The van der Waals surface area contributed by atoms with Crippen LogP contribution in [0, 0.1) is 0 Å². The predicted octanol–water partition coefficient (Wildman–Crippen LogP) is 0.620. The Bertz CT molecular complexity index is 806.